The highest BCUT2D eigenvalue weighted by molar-refractivity contribution is 7.91. The number of benzene rings is 2. The van der Waals surface area contributed by atoms with E-state index in [-0.39, 0.29) is 10.6 Å². The number of nitrogens with one attached hydrogen (secondary N) is 1. The van der Waals surface area contributed by atoms with Crippen molar-refractivity contribution in [1.29, 1.82) is 0 Å². The molecule has 138 valence electrons. The molecule has 0 atom stereocenters. The highest BCUT2D eigenvalue weighted by atomic mass is 32.2. The van der Waals surface area contributed by atoms with Crippen LogP contribution in [0.3, 0.4) is 0 Å². The van der Waals surface area contributed by atoms with Crippen molar-refractivity contribution in [2.45, 2.75) is 18.0 Å². The monoisotopic (exact) mass is 383 g/mol. The Morgan fingerprint density at radius 3 is 2.12 bits per heavy atom. The van der Waals surface area contributed by atoms with Crippen LogP contribution in [0.1, 0.15) is 18.1 Å². The molecule has 0 aliphatic heterocycles. The Hall–Kier alpha value is -2.61. The summed E-state index contributed by atoms with van der Waals surface area (Å²) in [6.07, 6.45) is -1.85. The number of hydrogen-bond donors (Lipinski definition) is 1. The molecule has 0 saturated heterocycles. The third-order valence-electron chi connectivity index (χ3n) is 3.53. The molecule has 0 fully saturated rings. The van der Waals surface area contributed by atoms with Crippen LogP contribution in [0.15, 0.2) is 59.5 Å². The van der Waals surface area contributed by atoms with Crippen LogP contribution in [0.4, 0.5) is 18.9 Å². The Morgan fingerprint density at radius 2 is 1.62 bits per heavy atom. The quantitative estimate of drug-likeness (QED) is 0.789. The van der Waals surface area contributed by atoms with Gasteiger partial charge in [0, 0.05) is 11.8 Å². The maximum Gasteiger partial charge on any atom is 0.416 e. The average Bonchev–Trinajstić information content (AvgIpc) is 2.60. The molecule has 0 radical (unpaired) electrons. The number of rotatable bonds is 5. The van der Waals surface area contributed by atoms with Crippen molar-refractivity contribution in [1.82, 2.24) is 0 Å². The molecule has 0 unspecified atom stereocenters. The van der Waals surface area contributed by atoms with Crippen molar-refractivity contribution in [3.63, 3.8) is 0 Å². The largest absolute Gasteiger partial charge is 0.416 e. The van der Waals surface area contributed by atoms with Gasteiger partial charge in [-0.3, -0.25) is 4.79 Å². The van der Waals surface area contributed by atoms with Crippen LogP contribution in [0, 0.1) is 0 Å². The van der Waals surface area contributed by atoms with E-state index in [1.807, 2.05) is 0 Å². The summed E-state index contributed by atoms with van der Waals surface area (Å²) >= 11 is 0. The van der Waals surface area contributed by atoms with Gasteiger partial charge in [0.25, 0.3) is 0 Å². The molecule has 0 aliphatic carbocycles. The van der Waals surface area contributed by atoms with Gasteiger partial charge < -0.3 is 5.32 Å². The molecule has 0 heterocycles. The summed E-state index contributed by atoms with van der Waals surface area (Å²) < 4.78 is 60.9. The molecule has 0 spiro atoms. The number of carbonyl (C=O) groups is 1. The molecule has 4 nitrogen and oxygen atoms in total. The van der Waals surface area contributed by atoms with E-state index >= 15 is 0 Å². The van der Waals surface area contributed by atoms with E-state index in [0.717, 1.165) is 12.1 Å². The molecule has 0 bridgehead atoms. The summed E-state index contributed by atoms with van der Waals surface area (Å²) in [7, 11) is -3.31. The first kappa shape index (κ1) is 19.7. The highest BCUT2D eigenvalue weighted by Gasteiger charge is 2.29. The third kappa shape index (κ3) is 5.19. The standard InChI is InChI=1S/C18H16F3NO3S/c1-2-26(24,25)16-10-8-15(9-11-16)22-17(23)12-5-13-3-6-14(7-4-13)18(19,20)21/h3-12H,2H2,1H3,(H,22,23)/b12-5+. The molecule has 26 heavy (non-hydrogen) atoms. The fourth-order valence-electron chi connectivity index (χ4n) is 2.05. The van der Waals surface area contributed by atoms with Crippen molar-refractivity contribution in [2.24, 2.45) is 0 Å². The molecule has 0 saturated carbocycles. The third-order valence-corrected chi connectivity index (χ3v) is 5.28. The lowest BCUT2D eigenvalue weighted by atomic mass is 10.1. The van der Waals surface area contributed by atoms with Crippen molar-refractivity contribution < 1.29 is 26.4 Å². The van der Waals surface area contributed by atoms with Crippen LogP contribution in [-0.4, -0.2) is 20.1 Å². The number of hydrogen-bond acceptors (Lipinski definition) is 3. The predicted molar refractivity (Wildman–Crippen MR) is 93.3 cm³/mol. The van der Waals surface area contributed by atoms with Crippen LogP contribution >= 0.6 is 0 Å². The summed E-state index contributed by atoms with van der Waals surface area (Å²) in [6.45, 7) is 1.54. The smallest absolute Gasteiger partial charge is 0.323 e. The van der Waals surface area contributed by atoms with E-state index in [1.165, 1.54) is 55.5 Å². The number of sulfone groups is 1. The molecule has 0 aliphatic rings. The number of alkyl halides is 3. The van der Waals surface area contributed by atoms with Crippen LogP contribution < -0.4 is 5.32 Å². The van der Waals surface area contributed by atoms with Gasteiger partial charge in [0.15, 0.2) is 9.84 Å². The predicted octanol–water partition coefficient (Wildman–Crippen LogP) is 4.15. The molecule has 1 amide bonds. The summed E-state index contributed by atoms with van der Waals surface area (Å²) in [5.74, 6) is -0.509. The van der Waals surface area contributed by atoms with Crippen LogP contribution in [0.5, 0.6) is 0 Å². The normalized spacial score (nSPS) is 12.3. The minimum atomic E-state index is -4.41. The fourth-order valence-corrected chi connectivity index (χ4v) is 2.94. The lowest BCUT2D eigenvalue weighted by molar-refractivity contribution is -0.137. The first-order valence-electron chi connectivity index (χ1n) is 7.61. The van der Waals surface area contributed by atoms with Gasteiger partial charge >= 0.3 is 6.18 Å². The molecule has 2 aromatic carbocycles. The molecule has 2 rings (SSSR count). The zero-order chi connectivity index (χ0) is 19.4. The van der Waals surface area contributed by atoms with Crippen LogP contribution in [0.2, 0.25) is 0 Å². The van der Waals surface area contributed by atoms with Gasteiger partial charge in [0.1, 0.15) is 0 Å². The minimum absolute atomic E-state index is 0.0193. The second-order valence-electron chi connectivity index (χ2n) is 5.37. The highest BCUT2D eigenvalue weighted by Crippen LogP contribution is 2.29. The van der Waals surface area contributed by atoms with Gasteiger partial charge in [-0.15, -0.1) is 0 Å². The molecule has 0 aromatic heterocycles. The summed E-state index contributed by atoms with van der Waals surface area (Å²) in [6, 6.07) is 10.1. The summed E-state index contributed by atoms with van der Waals surface area (Å²) in [4.78, 5) is 12.0. The van der Waals surface area contributed by atoms with Crippen molar-refractivity contribution in [2.75, 3.05) is 11.1 Å². The van der Waals surface area contributed by atoms with Crippen LogP contribution in [0.25, 0.3) is 6.08 Å². The van der Waals surface area contributed by atoms with Crippen molar-refractivity contribution >= 4 is 27.5 Å². The number of amides is 1. The van der Waals surface area contributed by atoms with Gasteiger partial charge in [-0.1, -0.05) is 19.1 Å². The first-order valence-corrected chi connectivity index (χ1v) is 9.26. The Bertz CT molecular complexity index is 900. The van der Waals surface area contributed by atoms with E-state index < -0.39 is 27.5 Å². The Morgan fingerprint density at radius 1 is 1.04 bits per heavy atom. The SMILES string of the molecule is CCS(=O)(=O)c1ccc(NC(=O)/C=C/c2ccc(C(F)(F)F)cc2)cc1. The maximum absolute atomic E-state index is 12.5. The Balaban J connectivity index is 2.01. The lowest BCUT2D eigenvalue weighted by Gasteiger charge is -2.06. The van der Waals surface area contributed by atoms with Crippen molar-refractivity contribution in [3.8, 4) is 0 Å². The lowest BCUT2D eigenvalue weighted by Crippen LogP contribution is -2.08. The van der Waals surface area contributed by atoms with E-state index in [9.17, 15) is 26.4 Å². The molecular formula is C18H16F3NO3S. The maximum atomic E-state index is 12.5. The zero-order valence-electron chi connectivity index (χ0n) is 13.7. The van der Waals surface area contributed by atoms with Gasteiger partial charge in [0.05, 0.1) is 16.2 Å². The van der Waals surface area contributed by atoms with E-state index in [1.54, 1.807) is 0 Å². The van der Waals surface area contributed by atoms with E-state index in [0.29, 0.717) is 11.3 Å². The molecular weight excluding hydrogens is 367 g/mol. The first-order chi connectivity index (χ1) is 12.1. The van der Waals surface area contributed by atoms with E-state index in [4.69, 9.17) is 0 Å². The van der Waals surface area contributed by atoms with Crippen molar-refractivity contribution in [3.05, 3.63) is 65.7 Å². The Labute approximate surface area is 149 Å². The molecule has 2 aromatic rings. The number of anilines is 1. The van der Waals surface area contributed by atoms with Gasteiger partial charge in [-0.2, -0.15) is 13.2 Å². The zero-order valence-corrected chi connectivity index (χ0v) is 14.6. The topological polar surface area (TPSA) is 63.2 Å². The number of halogens is 3. The van der Waals surface area contributed by atoms with Gasteiger partial charge in [-0.05, 0) is 48.0 Å². The molecule has 8 heteroatoms. The summed E-state index contributed by atoms with van der Waals surface area (Å²) in [5.41, 5.74) is 0.0842. The Kier molecular flexibility index (Phi) is 5.86. The van der Waals surface area contributed by atoms with Gasteiger partial charge in [-0.25, -0.2) is 8.42 Å². The molecule has 1 N–H and O–H groups in total. The summed E-state index contributed by atoms with van der Waals surface area (Å²) in [5, 5.41) is 2.54. The van der Waals surface area contributed by atoms with Gasteiger partial charge in [0.2, 0.25) is 5.91 Å². The van der Waals surface area contributed by atoms with E-state index in [2.05, 4.69) is 5.32 Å². The minimum Gasteiger partial charge on any atom is -0.323 e. The number of carbonyl (C=O) groups excluding carboxylic acids is 1. The average molecular weight is 383 g/mol. The second kappa shape index (κ2) is 7.74. The van der Waals surface area contributed by atoms with Crippen LogP contribution in [-0.2, 0) is 20.8 Å². The fraction of sp³-hybridized carbons (Fsp3) is 0.167. The second-order valence-corrected chi connectivity index (χ2v) is 7.65.